The minimum absolute atomic E-state index is 0.00589. The van der Waals surface area contributed by atoms with Crippen LogP contribution in [0.15, 0.2) is 17.2 Å². The summed E-state index contributed by atoms with van der Waals surface area (Å²) in [4.78, 5) is 27.9. The predicted molar refractivity (Wildman–Crippen MR) is 78.5 cm³/mol. The SMILES string of the molecule is Cc1cc(=O)n(CC(=O)N[C@@H]2CC[C@H]3OCCO[C@@H]3C2)cn1. The summed E-state index contributed by atoms with van der Waals surface area (Å²) >= 11 is 0. The Morgan fingerprint density at radius 1 is 1.36 bits per heavy atom. The van der Waals surface area contributed by atoms with Crippen molar-refractivity contribution in [2.45, 2.75) is 51.0 Å². The van der Waals surface area contributed by atoms with Crippen LogP contribution in [0.5, 0.6) is 0 Å². The fourth-order valence-electron chi connectivity index (χ4n) is 3.06. The molecule has 0 spiro atoms. The summed E-state index contributed by atoms with van der Waals surface area (Å²) in [6.07, 6.45) is 4.16. The highest BCUT2D eigenvalue weighted by Gasteiger charge is 2.34. The molecule has 120 valence electrons. The molecule has 3 rings (SSSR count). The first-order chi connectivity index (χ1) is 10.6. The molecule has 0 aromatic carbocycles. The third-order valence-electron chi connectivity index (χ3n) is 4.17. The molecule has 1 saturated carbocycles. The molecule has 7 heteroatoms. The number of rotatable bonds is 3. The van der Waals surface area contributed by atoms with Crippen molar-refractivity contribution >= 4 is 5.91 Å². The number of ether oxygens (including phenoxy) is 2. The van der Waals surface area contributed by atoms with E-state index in [0.717, 1.165) is 19.3 Å². The highest BCUT2D eigenvalue weighted by Crippen LogP contribution is 2.26. The molecule has 2 heterocycles. The lowest BCUT2D eigenvalue weighted by atomic mass is 9.89. The Balaban J connectivity index is 1.54. The maximum absolute atomic E-state index is 12.1. The Hall–Kier alpha value is -1.73. The second-order valence-electron chi connectivity index (χ2n) is 5.89. The topological polar surface area (TPSA) is 82.5 Å². The van der Waals surface area contributed by atoms with E-state index in [1.807, 2.05) is 0 Å². The Labute approximate surface area is 128 Å². The summed E-state index contributed by atoms with van der Waals surface area (Å²) in [6, 6.07) is 1.50. The summed E-state index contributed by atoms with van der Waals surface area (Å²) in [5.74, 6) is -0.173. The maximum Gasteiger partial charge on any atom is 0.253 e. The first-order valence-corrected chi connectivity index (χ1v) is 7.67. The van der Waals surface area contributed by atoms with Gasteiger partial charge in [0.05, 0.1) is 31.7 Å². The third kappa shape index (κ3) is 3.53. The van der Waals surface area contributed by atoms with E-state index in [1.165, 1.54) is 17.0 Å². The highest BCUT2D eigenvalue weighted by atomic mass is 16.6. The first kappa shape index (κ1) is 15.2. The van der Waals surface area contributed by atoms with Gasteiger partial charge in [-0.15, -0.1) is 0 Å². The maximum atomic E-state index is 12.1. The van der Waals surface area contributed by atoms with Gasteiger partial charge in [0.2, 0.25) is 5.91 Å². The van der Waals surface area contributed by atoms with Gasteiger partial charge in [0, 0.05) is 17.8 Å². The van der Waals surface area contributed by atoms with Crippen LogP contribution >= 0.6 is 0 Å². The molecule has 1 aliphatic heterocycles. The lowest BCUT2D eigenvalue weighted by molar-refractivity contribution is -0.158. The molecule has 1 aliphatic carbocycles. The molecule has 1 amide bonds. The fourth-order valence-corrected chi connectivity index (χ4v) is 3.06. The standard InChI is InChI=1S/C15H21N3O4/c1-10-6-15(20)18(9-16-10)8-14(19)17-11-2-3-12-13(7-11)22-5-4-21-12/h6,9,11-13H,2-5,7-8H2,1H3,(H,17,19)/t11-,12-,13-/m1/s1. The van der Waals surface area contributed by atoms with Gasteiger partial charge in [-0.1, -0.05) is 0 Å². The van der Waals surface area contributed by atoms with Crippen LogP contribution in [0.3, 0.4) is 0 Å². The first-order valence-electron chi connectivity index (χ1n) is 7.67. The van der Waals surface area contributed by atoms with Gasteiger partial charge in [-0.2, -0.15) is 0 Å². The molecule has 1 N–H and O–H groups in total. The van der Waals surface area contributed by atoms with Crippen molar-refractivity contribution in [3.63, 3.8) is 0 Å². The molecule has 22 heavy (non-hydrogen) atoms. The van der Waals surface area contributed by atoms with Crippen LogP contribution in [0.2, 0.25) is 0 Å². The van der Waals surface area contributed by atoms with Gasteiger partial charge in [0.1, 0.15) is 6.54 Å². The van der Waals surface area contributed by atoms with Crippen LogP contribution in [-0.2, 0) is 20.8 Å². The van der Waals surface area contributed by atoms with Crippen molar-refractivity contribution < 1.29 is 14.3 Å². The molecule has 3 atom stereocenters. The lowest BCUT2D eigenvalue weighted by Crippen LogP contribution is -2.50. The van der Waals surface area contributed by atoms with E-state index in [0.29, 0.717) is 18.9 Å². The number of hydrogen-bond donors (Lipinski definition) is 1. The van der Waals surface area contributed by atoms with Gasteiger partial charge in [-0.25, -0.2) is 4.98 Å². The van der Waals surface area contributed by atoms with Gasteiger partial charge in [0.15, 0.2) is 0 Å². The number of fused-ring (bicyclic) bond motifs is 1. The van der Waals surface area contributed by atoms with Gasteiger partial charge in [-0.05, 0) is 26.2 Å². The Bertz CT molecular complexity index is 601. The number of aryl methyl sites for hydroxylation is 1. The van der Waals surface area contributed by atoms with E-state index in [1.54, 1.807) is 6.92 Å². The summed E-state index contributed by atoms with van der Waals surface area (Å²) in [5.41, 5.74) is 0.435. The smallest absolute Gasteiger partial charge is 0.253 e. The monoisotopic (exact) mass is 307 g/mol. The van der Waals surface area contributed by atoms with Crippen LogP contribution in [0.4, 0.5) is 0 Å². The quantitative estimate of drug-likeness (QED) is 0.850. The minimum Gasteiger partial charge on any atom is -0.373 e. The molecule has 7 nitrogen and oxygen atoms in total. The van der Waals surface area contributed by atoms with Crippen molar-refractivity contribution in [2.24, 2.45) is 0 Å². The molecule has 2 aliphatic rings. The van der Waals surface area contributed by atoms with Crippen molar-refractivity contribution in [3.8, 4) is 0 Å². The second-order valence-corrected chi connectivity index (χ2v) is 5.89. The molecule has 0 radical (unpaired) electrons. The van der Waals surface area contributed by atoms with Gasteiger partial charge in [0.25, 0.3) is 5.56 Å². The second kappa shape index (κ2) is 6.58. The van der Waals surface area contributed by atoms with E-state index in [4.69, 9.17) is 9.47 Å². The van der Waals surface area contributed by atoms with Gasteiger partial charge >= 0.3 is 0 Å². The number of carbonyl (C=O) groups excluding carboxylic acids is 1. The van der Waals surface area contributed by atoms with E-state index >= 15 is 0 Å². The molecule has 1 aromatic rings. The normalized spacial score (nSPS) is 28.0. The minimum atomic E-state index is -0.213. The number of nitrogens with zero attached hydrogens (tertiary/aromatic N) is 2. The number of aromatic nitrogens is 2. The zero-order valence-corrected chi connectivity index (χ0v) is 12.7. The van der Waals surface area contributed by atoms with E-state index < -0.39 is 0 Å². The van der Waals surface area contributed by atoms with Crippen molar-refractivity contribution in [2.75, 3.05) is 13.2 Å². The van der Waals surface area contributed by atoms with Crippen LogP contribution in [-0.4, -0.2) is 46.9 Å². The largest absolute Gasteiger partial charge is 0.373 e. The fraction of sp³-hybridized carbons (Fsp3) is 0.667. The summed E-state index contributed by atoms with van der Waals surface area (Å²) < 4.78 is 12.7. The van der Waals surface area contributed by atoms with E-state index in [-0.39, 0.29) is 36.3 Å². The van der Waals surface area contributed by atoms with E-state index in [9.17, 15) is 9.59 Å². The number of nitrogens with one attached hydrogen (secondary N) is 1. The molecule has 0 bridgehead atoms. The molecule has 2 fully saturated rings. The Morgan fingerprint density at radius 3 is 2.91 bits per heavy atom. The Morgan fingerprint density at radius 2 is 2.14 bits per heavy atom. The zero-order valence-electron chi connectivity index (χ0n) is 12.7. The van der Waals surface area contributed by atoms with Crippen LogP contribution in [0, 0.1) is 6.92 Å². The number of amides is 1. The number of carbonyl (C=O) groups is 1. The molecular weight excluding hydrogens is 286 g/mol. The lowest BCUT2D eigenvalue weighted by Gasteiger charge is -2.39. The average Bonchev–Trinajstić information content (AvgIpc) is 2.50. The summed E-state index contributed by atoms with van der Waals surface area (Å²) in [7, 11) is 0. The van der Waals surface area contributed by atoms with Crippen LogP contribution in [0.1, 0.15) is 25.0 Å². The molecule has 1 aromatic heterocycles. The third-order valence-corrected chi connectivity index (χ3v) is 4.17. The molecule has 0 unspecified atom stereocenters. The predicted octanol–water partition coefficient (Wildman–Crippen LogP) is 0.00442. The Kier molecular flexibility index (Phi) is 4.54. The van der Waals surface area contributed by atoms with Gasteiger partial charge in [-0.3, -0.25) is 14.2 Å². The highest BCUT2D eigenvalue weighted by molar-refractivity contribution is 5.76. The van der Waals surface area contributed by atoms with Gasteiger partial charge < -0.3 is 14.8 Å². The van der Waals surface area contributed by atoms with E-state index in [2.05, 4.69) is 10.3 Å². The van der Waals surface area contributed by atoms with Crippen molar-refractivity contribution in [1.82, 2.24) is 14.9 Å². The van der Waals surface area contributed by atoms with Crippen LogP contribution < -0.4 is 10.9 Å². The summed E-state index contributed by atoms with van der Waals surface area (Å²) in [6.45, 7) is 3.01. The van der Waals surface area contributed by atoms with Crippen molar-refractivity contribution in [1.29, 1.82) is 0 Å². The molecular formula is C15H21N3O4. The average molecular weight is 307 g/mol. The van der Waals surface area contributed by atoms with Crippen molar-refractivity contribution in [3.05, 3.63) is 28.4 Å². The molecule has 1 saturated heterocycles. The zero-order chi connectivity index (χ0) is 15.5. The van der Waals surface area contributed by atoms with Crippen LogP contribution in [0.25, 0.3) is 0 Å². The number of hydrogen-bond acceptors (Lipinski definition) is 5. The summed E-state index contributed by atoms with van der Waals surface area (Å²) in [5, 5.41) is 2.98.